The molecule has 31 heavy (non-hydrogen) atoms. The molecule has 1 aliphatic heterocycles. The summed E-state index contributed by atoms with van der Waals surface area (Å²) in [6, 6.07) is 8.87. The lowest BCUT2D eigenvalue weighted by atomic mass is 9.91. The number of fused-ring (bicyclic) bond motifs is 2. The summed E-state index contributed by atoms with van der Waals surface area (Å²) in [5, 5.41) is 16.6. The molecule has 4 heterocycles. The Bertz CT molecular complexity index is 1380. The summed E-state index contributed by atoms with van der Waals surface area (Å²) in [5.74, 6) is 0.185. The lowest BCUT2D eigenvalue weighted by molar-refractivity contribution is -0.119. The Balaban J connectivity index is 1.64. The van der Waals surface area contributed by atoms with Crippen LogP contribution in [0.1, 0.15) is 36.4 Å². The van der Waals surface area contributed by atoms with Gasteiger partial charge in [-0.25, -0.2) is 19.0 Å². The molecule has 0 saturated carbocycles. The summed E-state index contributed by atoms with van der Waals surface area (Å²) in [7, 11) is 0. The van der Waals surface area contributed by atoms with E-state index in [-0.39, 0.29) is 24.1 Å². The smallest absolute Gasteiger partial charge is 0.237 e. The third kappa shape index (κ3) is 3.04. The van der Waals surface area contributed by atoms with Crippen molar-refractivity contribution in [3.63, 3.8) is 0 Å². The van der Waals surface area contributed by atoms with E-state index in [1.807, 2.05) is 32.0 Å². The first-order valence-electron chi connectivity index (χ1n) is 9.90. The van der Waals surface area contributed by atoms with E-state index in [2.05, 4.69) is 30.6 Å². The highest BCUT2D eigenvalue weighted by atomic mass is 19.1. The van der Waals surface area contributed by atoms with Crippen LogP contribution < -0.4 is 5.32 Å². The van der Waals surface area contributed by atoms with Crippen LogP contribution in [-0.2, 0) is 16.8 Å². The van der Waals surface area contributed by atoms with E-state index in [1.165, 1.54) is 6.07 Å². The highest BCUT2D eigenvalue weighted by molar-refractivity contribution is 6.04. The van der Waals surface area contributed by atoms with Crippen LogP contribution in [0.25, 0.3) is 22.6 Å². The molecule has 8 nitrogen and oxygen atoms in total. The monoisotopic (exact) mass is 417 g/mol. The van der Waals surface area contributed by atoms with Gasteiger partial charge in [0.15, 0.2) is 11.5 Å². The van der Waals surface area contributed by atoms with Crippen molar-refractivity contribution in [1.82, 2.24) is 29.9 Å². The molecule has 0 aliphatic carbocycles. The molecule has 0 saturated heterocycles. The number of aryl methyl sites for hydroxylation is 2. The number of halogens is 1. The number of anilines is 1. The molecule has 0 atom stereocenters. The van der Waals surface area contributed by atoms with Crippen molar-refractivity contribution in [2.45, 2.75) is 39.7 Å². The van der Waals surface area contributed by atoms with E-state index in [9.17, 15) is 9.18 Å². The third-order valence-electron chi connectivity index (χ3n) is 5.55. The summed E-state index contributed by atoms with van der Waals surface area (Å²) < 4.78 is 16.1. The number of nitrogens with one attached hydrogen (secondary N) is 1. The number of benzene rings is 1. The zero-order valence-electron chi connectivity index (χ0n) is 17.6. The number of pyridine rings is 1. The van der Waals surface area contributed by atoms with Gasteiger partial charge in [-0.2, -0.15) is 5.10 Å². The van der Waals surface area contributed by atoms with Gasteiger partial charge in [-0.15, -0.1) is 10.2 Å². The molecule has 1 aliphatic rings. The minimum Gasteiger partial charge on any atom is -0.308 e. The van der Waals surface area contributed by atoms with Crippen LogP contribution in [-0.4, -0.2) is 35.9 Å². The number of hydrogen-bond acceptors (Lipinski definition) is 6. The fourth-order valence-electron chi connectivity index (χ4n) is 3.67. The van der Waals surface area contributed by atoms with Crippen molar-refractivity contribution in [1.29, 1.82) is 0 Å². The van der Waals surface area contributed by atoms with Crippen LogP contribution >= 0.6 is 0 Å². The molecule has 1 amide bonds. The van der Waals surface area contributed by atoms with E-state index in [0.717, 1.165) is 16.6 Å². The average Bonchev–Trinajstić information content (AvgIpc) is 3.18. The minimum atomic E-state index is -0.795. The highest BCUT2D eigenvalue weighted by Gasteiger charge is 2.42. The van der Waals surface area contributed by atoms with Gasteiger partial charge in [0.05, 0.1) is 17.3 Å². The Morgan fingerprint density at radius 1 is 1.10 bits per heavy atom. The fourth-order valence-corrected chi connectivity index (χ4v) is 3.67. The number of nitrogens with zero attached hydrogens (tertiary/aromatic N) is 6. The normalized spacial score (nSPS) is 14.7. The predicted molar refractivity (Wildman–Crippen MR) is 113 cm³/mol. The van der Waals surface area contributed by atoms with Gasteiger partial charge >= 0.3 is 0 Å². The summed E-state index contributed by atoms with van der Waals surface area (Å²) in [5.41, 5.74) is 2.95. The van der Waals surface area contributed by atoms with Crippen molar-refractivity contribution in [3.05, 3.63) is 58.7 Å². The van der Waals surface area contributed by atoms with Gasteiger partial charge in [-0.3, -0.25) is 4.79 Å². The van der Waals surface area contributed by atoms with Crippen molar-refractivity contribution < 1.29 is 9.18 Å². The Morgan fingerprint density at radius 2 is 1.90 bits per heavy atom. The largest absolute Gasteiger partial charge is 0.308 e. The van der Waals surface area contributed by atoms with Crippen LogP contribution in [0, 0.1) is 19.7 Å². The zero-order chi connectivity index (χ0) is 21.9. The van der Waals surface area contributed by atoms with Gasteiger partial charge in [0.1, 0.15) is 17.2 Å². The van der Waals surface area contributed by atoms with Gasteiger partial charge in [0, 0.05) is 11.3 Å². The summed E-state index contributed by atoms with van der Waals surface area (Å²) in [6.07, 6.45) is 0. The summed E-state index contributed by atoms with van der Waals surface area (Å²) >= 11 is 0. The maximum absolute atomic E-state index is 14.5. The Morgan fingerprint density at radius 3 is 2.68 bits per heavy atom. The quantitative estimate of drug-likeness (QED) is 0.549. The van der Waals surface area contributed by atoms with Crippen LogP contribution in [0.3, 0.4) is 0 Å². The van der Waals surface area contributed by atoms with Crippen molar-refractivity contribution in [2.24, 2.45) is 0 Å². The molecule has 1 aromatic carbocycles. The lowest BCUT2D eigenvalue weighted by Gasteiger charge is -2.11. The molecule has 0 fully saturated rings. The van der Waals surface area contributed by atoms with Gasteiger partial charge < -0.3 is 5.32 Å². The van der Waals surface area contributed by atoms with Crippen LogP contribution in [0.5, 0.6) is 0 Å². The number of rotatable bonds is 3. The highest BCUT2D eigenvalue weighted by Crippen LogP contribution is 2.35. The van der Waals surface area contributed by atoms with Crippen molar-refractivity contribution >= 4 is 22.8 Å². The molecule has 0 unspecified atom stereocenters. The number of amides is 1. The Labute approximate surface area is 177 Å². The number of aromatic nitrogens is 6. The summed E-state index contributed by atoms with van der Waals surface area (Å²) in [6.45, 7) is 7.49. The van der Waals surface area contributed by atoms with E-state index in [1.54, 1.807) is 24.6 Å². The van der Waals surface area contributed by atoms with E-state index in [4.69, 9.17) is 0 Å². The molecule has 3 aromatic heterocycles. The zero-order valence-corrected chi connectivity index (χ0v) is 17.6. The van der Waals surface area contributed by atoms with Gasteiger partial charge in [-0.1, -0.05) is 12.1 Å². The molecule has 5 rings (SSSR count). The molecule has 0 spiro atoms. The first-order chi connectivity index (χ1) is 14.7. The summed E-state index contributed by atoms with van der Waals surface area (Å²) in [4.78, 5) is 21.3. The van der Waals surface area contributed by atoms with E-state index < -0.39 is 5.41 Å². The van der Waals surface area contributed by atoms with Crippen molar-refractivity contribution in [3.8, 4) is 11.5 Å². The Hall–Kier alpha value is -3.75. The van der Waals surface area contributed by atoms with Crippen LogP contribution in [0.15, 0.2) is 30.3 Å². The van der Waals surface area contributed by atoms with Gasteiger partial charge in [0.25, 0.3) is 0 Å². The lowest BCUT2D eigenvalue weighted by Crippen LogP contribution is -2.27. The Kier molecular flexibility index (Phi) is 4.11. The maximum Gasteiger partial charge on any atom is 0.237 e. The number of hydrogen-bond donors (Lipinski definition) is 1. The fraction of sp³-hybridized carbons (Fsp3) is 0.273. The van der Waals surface area contributed by atoms with Gasteiger partial charge in [0.2, 0.25) is 11.7 Å². The standard InChI is InChI=1S/C22H20FN7O/c1-11-5-7-13(15(23)9-11)10-30-20-14(8-6-12(2)24-20)16(29-30)18-25-19-17(27-28-18)22(3,4)21(31)26-19/h5-9H,10H2,1-4H3,(H,25,26,28,31). The number of carbonyl (C=O) groups excluding carboxylic acids is 1. The predicted octanol–water partition coefficient (Wildman–Crippen LogP) is 3.32. The molecular weight excluding hydrogens is 397 g/mol. The first-order valence-corrected chi connectivity index (χ1v) is 9.90. The second kappa shape index (κ2) is 6.63. The second-order valence-corrected chi connectivity index (χ2v) is 8.34. The van der Waals surface area contributed by atoms with E-state index >= 15 is 0 Å². The molecule has 9 heteroatoms. The van der Waals surface area contributed by atoms with Crippen molar-refractivity contribution in [2.75, 3.05) is 5.32 Å². The van der Waals surface area contributed by atoms with E-state index in [0.29, 0.717) is 28.4 Å². The first kappa shape index (κ1) is 19.2. The maximum atomic E-state index is 14.5. The molecule has 0 bridgehead atoms. The SMILES string of the molecule is Cc1ccc(Cn2nc(-c3nnc4c(n3)NC(=O)C4(C)C)c3ccc(C)nc32)c(F)c1. The average molecular weight is 417 g/mol. The van der Waals surface area contributed by atoms with Crippen LogP contribution in [0.4, 0.5) is 10.2 Å². The molecule has 156 valence electrons. The molecule has 0 radical (unpaired) electrons. The van der Waals surface area contributed by atoms with Gasteiger partial charge in [-0.05, 0) is 51.5 Å². The second-order valence-electron chi connectivity index (χ2n) is 8.34. The molecule has 4 aromatic rings. The molecular formula is C22H20FN7O. The topological polar surface area (TPSA) is 98.5 Å². The third-order valence-corrected chi connectivity index (χ3v) is 5.55. The molecule has 1 N–H and O–H groups in total. The minimum absolute atomic E-state index is 0.177. The number of carbonyl (C=O) groups is 1. The van der Waals surface area contributed by atoms with Crippen LogP contribution in [0.2, 0.25) is 0 Å².